The Morgan fingerprint density at radius 1 is 1.30 bits per heavy atom. The van der Waals surface area contributed by atoms with Crippen LogP contribution in [0.1, 0.15) is 57.8 Å². The molecule has 0 radical (unpaired) electrons. The fourth-order valence-corrected chi connectivity index (χ4v) is 4.83. The number of nitrogens with one attached hydrogen (secondary N) is 1. The number of carboxylic acid groups (broad SMARTS) is 1. The van der Waals surface area contributed by atoms with Gasteiger partial charge in [-0.05, 0) is 24.8 Å². The van der Waals surface area contributed by atoms with E-state index >= 15 is 0 Å². The third kappa shape index (κ3) is 6.60. The zero-order valence-electron chi connectivity index (χ0n) is 20.7. The van der Waals surface area contributed by atoms with E-state index in [-0.39, 0.29) is 37.3 Å². The van der Waals surface area contributed by atoms with Gasteiger partial charge in [-0.1, -0.05) is 38.7 Å². The number of aliphatic hydroxyl groups is 2. The lowest BCUT2D eigenvalue weighted by Crippen LogP contribution is -2.50. The molecular weight excluding hydrogens is 486 g/mol. The minimum Gasteiger partial charge on any atom is -0.480 e. The van der Waals surface area contributed by atoms with Gasteiger partial charge in [-0.2, -0.15) is 4.98 Å². The van der Waals surface area contributed by atoms with Crippen molar-refractivity contribution in [3.05, 3.63) is 34.9 Å². The zero-order chi connectivity index (χ0) is 27.2. The number of nitrogens with two attached hydrogens (primary N) is 1. The van der Waals surface area contributed by atoms with Gasteiger partial charge in [-0.15, -0.1) is 0 Å². The van der Waals surface area contributed by atoms with Crippen LogP contribution in [0.25, 0.3) is 0 Å². The van der Waals surface area contributed by atoms with Crippen LogP contribution in [0.3, 0.4) is 0 Å². The molecule has 1 aliphatic heterocycles. The highest BCUT2D eigenvalue weighted by Crippen LogP contribution is 2.34. The Bertz CT molecular complexity index is 1070. The first-order chi connectivity index (χ1) is 17.6. The van der Waals surface area contributed by atoms with Crippen molar-refractivity contribution >= 4 is 23.6 Å². The number of amides is 2. The predicted octanol–water partition coefficient (Wildman–Crippen LogP) is 0.0704. The summed E-state index contributed by atoms with van der Waals surface area (Å²) in [6, 6.07) is -0.0940. The van der Waals surface area contributed by atoms with Gasteiger partial charge in [0.1, 0.15) is 18.0 Å². The molecule has 204 valence electrons. The van der Waals surface area contributed by atoms with E-state index in [1.165, 1.54) is 18.7 Å². The van der Waals surface area contributed by atoms with E-state index in [1.54, 1.807) is 0 Å². The normalized spacial score (nSPS) is 23.0. The lowest BCUT2D eigenvalue weighted by Gasteiger charge is -2.29. The molecule has 37 heavy (non-hydrogen) atoms. The van der Waals surface area contributed by atoms with Crippen molar-refractivity contribution in [3.63, 3.8) is 0 Å². The number of carbonyl (C=O) groups is 3. The second-order valence-corrected chi connectivity index (χ2v) is 9.54. The Balaban J connectivity index is 1.56. The molecule has 1 saturated heterocycles. The van der Waals surface area contributed by atoms with Gasteiger partial charge in [0.05, 0.1) is 13.2 Å². The molecule has 0 bridgehead atoms. The Morgan fingerprint density at radius 3 is 2.57 bits per heavy atom. The molecule has 0 aromatic carbocycles. The van der Waals surface area contributed by atoms with Gasteiger partial charge >= 0.3 is 11.7 Å². The fraction of sp³-hybridized carbons (Fsp3) is 0.625. The van der Waals surface area contributed by atoms with Crippen molar-refractivity contribution in [3.8, 4) is 0 Å². The van der Waals surface area contributed by atoms with Crippen molar-refractivity contribution < 1.29 is 34.4 Å². The quantitative estimate of drug-likeness (QED) is 0.115. The van der Waals surface area contributed by atoms with E-state index in [0.29, 0.717) is 17.3 Å². The van der Waals surface area contributed by atoms with Crippen molar-refractivity contribution in [2.75, 3.05) is 18.5 Å². The van der Waals surface area contributed by atoms with Crippen LogP contribution in [0.15, 0.2) is 29.2 Å². The number of rotatable bonds is 11. The molecule has 6 N–H and O–H groups in total. The van der Waals surface area contributed by atoms with E-state index in [0.717, 1.165) is 30.3 Å². The van der Waals surface area contributed by atoms with Crippen LogP contribution < -0.4 is 16.8 Å². The maximum Gasteiger partial charge on any atom is 0.352 e. The average molecular weight is 522 g/mol. The number of carboxylic acids is 1. The number of aliphatic carboxylic acids is 1. The molecule has 2 fully saturated rings. The van der Waals surface area contributed by atoms with Crippen LogP contribution in [0.4, 0.5) is 5.82 Å². The van der Waals surface area contributed by atoms with Crippen molar-refractivity contribution in [2.45, 2.75) is 75.7 Å². The van der Waals surface area contributed by atoms with E-state index in [2.05, 4.69) is 16.9 Å². The smallest absolute Gasteiger partial charge is 0.352 e. The minimum atomic E-state index is -1.67. The summed E-state index contributed by atoms with van der Waals surface area (Å²) in [7, 11) is 0. The molecule has 2 heterocycles. The summed E-state index contributed by atoms with van der Waals surface area (Å²) in [5.74, 6) is 3.71. The molecule has 1 aromatic heterocycles. The standard InChI is InChI=1S/C24H35N5O8/c1-15-18(31)13-37-24(15,14-30)28-12-11-19(27-23(28)36)26-20(32)9-8-17(22(34)35)29(25)21(33)10-7-16-5-3-2-4-6-16/h11-12,16-18,30-31H,1-10,13-14,25H2,(H,34,35)(H,26,27,32,36)/t17-,18+,24+/m1/s1. The minimum absolute atomic E-state index is 0.0926. The van der Waals surface area contributed by atoms with Crippen LogP contribution in [0.2, 0.25) is 0 Å². The van der Waals surface area contributed by atoms with Gasteiger partial charge in [0.2, 0.25) is 11.8 Å². The number of hydrogen-bond donors (Lipinski definition) is 5. The first kappa shape index (κ1) is 28.4. The number of aromatic nitrogens is 2. The second kappa shape index (κ2) is 12.4. The van der Waals surface area contributed by atoms with Gasteiger partial charge < -0.3 is 25.4 Å². The highest BCUT2D eigenvalue weighted by atomic mass is 16.5. The molecule has 2 aliphatic rings. The van der Waals surface area contributed by atoms with Crippen molar-refractivity contribution in [1.82, 2.24) is 14.6 Å². The summed E-state index contributed by atoms with van der Waals surface area (Å²) in [5, 5.41) is 32.3. The summed E-state index contributed by atoms with van der Waals surface area (Å²) in [4.78, 5) is 53.0. The summed E-state index contributed by atoms with van der Waals surface area (Å²) in [6.07, 6.45) is 6.04. The predicted molar refractivity (Wildman–Crippen MR) is 131 cm³/mol. The average Bonchev–Trinajstić information content (AvgIpc) is 3.17. The fourth-order valence-electron chi connectivity index (χ4n) is 4.83. The van der Waals surface area contributed by atoms with Gasteiger partial charge in [0.25, 0.3) is 0 Å². The van der Waals surface area contributed by atoms with Crippen LogP contribution in [-0.2, 0) is 24.8 Å². The first-order valence-electron chi connectivity index (χ1n) is 12.4. The molecular formula is C24H35N5O8. The lowest BCUT2D eigenvalue weighted by atomic mass is 9.86. The van der Waals surface area contributed by atoms with E-state index < -0.39 is 48.0 Å². The summed E-state index contributed by atoms with van der Waals surface area (Å²) in [5.41, 5.74) is -2.45. The monoisotopic (exact) mass is 521 g/mol. The third-order valence-corrected chi connectivity index (χ3v) is 7.10. The van der Waals surface area contributed by atoms with Crippen LogP contribution in [0.5, 0.6) is 0 Å². The first-order valence-corrected chi connectivity index (χ1v) is 12.4. The Kier molecular flexibility index (Phi) is 9.54. The number of anilines is 1. The molecule has 3 atom stereocenters. The number of hydrogen-bond acceptors (Lipinski definition) is 9. The molecule has 0 spiro atoms. The molecule has 1 aromatic rings. The van der Waals surface area contributed by atoms with E-state index in [4.69, 9.17) is 10.6 Å². The number of aliphatic hydroxyl groups excluding tert-OH is 2. The molecule has 2 amide bonds. The summed E-state index contributed by atoms with van der Waals surface area (Å²) in [6.45, 7) is 2.86. The molecule has 3 rings (SSSR count). The Labute approximate surface area is 213 Å². The third-order valence-electron chi connectivity index (χ3n) is 7.10. The molecule has 0 unspecified atom stereocenters. The number of ether oxygens (including phenoxy) is 1. The zero-order valence-corrected chi connectivity index (χ0v) is 20.7. The molecule has 13 heteroatoms. The van der Waals surface area contributed by atoms with Crippen molar-refractivity contribution in [2.24, 2.45) is 11.8 Å². The lowest BCUT2D eigenvalue weighted by molar-refractivity contribution is -0.151. The number of hydrazine groups is 1. The van der Waals surface area contributed by atoms with E-state index in [1.807, 2.05) is 0 Å². The van der Waals surface area contributed by atoms with Gasteiger partial charge in [-0.25, -0.2) is 15.4 Å². The second-order valence-electron chi connectivity index (χ2n) is 9.54. The number of nitrogens with zero attached hydrogens (tertiary/aromatic N) is 3. The topological polar surface area (TPSA) is 197 Å². The molecule has 13 nitrogen and oxygen atoms in total. The maximum atomic E-state index is 12.6. The highest BCUT2D eigenvalue weighted by molar-refractivity contribution is 5.90. The Hall–Kier alpha value is -3.13. The SMILES string of the molecule is C=C1[C@@H](O)CO[C@]1(CO)n1ccc(NC(=O)CC[C@H](C(=O)O)N(N)C(=O)CCC2CCCCC2)nc1=O. The van der Waals surface area contributed by atoms with Crippen LogP contribution in [-0.4, -0.2) is 73.0 Å². The molecule has 1 saturated carbocycles. The molecule has 1 aliphatic carbocycles. The van der Waals surface area contributed by atoms with Crippen molar-refractivity contribution in [1.29, 1.82) is 0 Å². The summed E-state index contributed by atoms with van der Waals surface area (Å²) < 4.78 is 6.38. The van der Waals surface area contributed by atoms with E-state index in [9.17, 15) is 34.5 Å². The van der Waals surface area contributed by atoms with Crippen LogP contribution in [0, 0.1) is 5.92 Å². The Morgan fingerprint density at radius 2 is 2.00 bits per heavy atom. The van der Waals surface area contributed by atoms with Gasteiger partial charge in [0, 0.05) is 24.6 Å². The summed E-state index contributed by atoms with van der Waals surface area (Å²) >= 11 is 0. The highest BCUT2D eigenvalue weighted by Gasteiger charge is 2.46. The maximum absolute atomic E-state index is 12.6. The van der Waals surface area contributed by atoms with Gasteiger partial charge in [0.15, 0.2) is 5.72 Å². The number of carbonyl (C=O) groups excluding carboxylic acids is 2. The van der Waals surface area contributed by atoms with Crippen LogP contribution >= 0.6 is 0 Å². The largest absolute Gasteiger partial charge is 0.480 e. The van der Waals surface area contributed by atoms with Gasteiger partial charge in [-0.3, -0.25) is 19.2 Å².